The first kappa shape index (κ1) is 23.6. The molecule has 2 atom stereocenters. The van der Waals surface area contributed by atoms with Crippen molar-refractivity contribution in [2.24, 2.45) is 5.10 Å². The van der Waals surface area contributed by atoms with Crippen LogP contribution < -0.4 is 10.3 Å². The van der Waals surface area contributed by atoms with Crippen LogP contribution in [0.15, 0.2) is 50.8 Å². The molecule has 0 aliphatic rings. The zero-order chi connectivity index (χ0) is 23.4. The Morgan fingerprint density at radius 3 is 2.66 bits per heavy atom. The van der Waals surface area contributed by atoms with E-state index in [0.29, 0.717) is 28.7 Å². The number of para-hydroxylation sites is 1. The van der Waals surface area contributed by atoms with Crippen molar-refractivity contribution in [3.05, 3.63) is 72.7 Å². The fraction of sp³-hybridized carbons (Fsp3) is 0.348. The highest BCUT2D eigenvalue weighted by Gasteiger charge is 2.21. The SMILES string of the molecule is CC[C@@H](C)Oc1c(C=Nn2c([C@H](C)CC)nc3ccc(Br)cc3c2=O)cccc1[N+](=O)[O-]. The van der Waals surface area contributed by atoms with Crippen LogP contribution in [0, 0.1) is 10.1 Å². The largest absolute Gasteiger partial charge is 0.483 e. The Hall–Kier alpha value is -3.07. The van der Waals surface area contributed by atoms with Gasteiger partial charge in [-0.15, -0.1) is 0 Å². The molecule has 8 nitrogen and oxygen atoms in total. The van der Waals surface area contributed by atoms with Crippen molar-refractivity contribution in [2.45, 2.75) is 52.6 Å². The number of halogens is 1. The fourth-order valence-electron chi connectivity index (χ4n) is 3.10. The lowest BCUT2D eigenvalue weighted by Gasteiger charge is -2.15. The Morgan fingerprint density at radius 1 is 1.25 bits per heavy atom. The molecule has 2 aromatic carbocycles. The number of aromatic nitrogens is 2. The molecular weight excluding hydrogens is 476 g/mol. The molecule has 32 heavy (non-hydrogen) atoms. The highest BCUT2D eigenvalue weighted by Crippen LogP contribution is 2.31. The van der Waals surface area contributed by atoms with Gasteiger partial charge in [-0.25, -0.2) is 4.98 Å². The second-order valence-electron chi connectivity index (χ2n) is 7.59. The van der Waals surface area contributed by atoms with Gasteiger partial charge in [-0.2, -0.15) is 9.78 Å². The number of hydrogen-bond acceptors (Lipinski definition) is 6. The summed E-state index contributed by atoms with van der Waals surface area (Å²) in [6.07, 6.45) is 2.65. The Labute approximate surface area is 194 Å². The van der Waals surface area contributed by atoms with Gasteiger partial charge >= 0.3 is 5.69 Å². The third-order valence-corrected chi connectivity index (χ3v) is 5.81. The summed E-state index contributed by atoms with van der Waals surface area (Å²) in [6.45, 7) is 7.76. The molecule has 0 amide bonds. The molecule has 0 unspecified atom stereocenters. The number of ether oxygens (including phenoxy) is 1. The third kappa shape index (κ3) is 4.88. The predicted molar refractivity (Wildman–Crippen MR) is 129 cm³/mol. The summed E-state index contributed by atoms with van der Waals surface area (Å²) in [7, 11) is 0. The van der Waals surface area contributed by atoms with Crippen molar-refractivity contribution in [2.75, 3.05) is 0 Å². The van der Waals surface area contributed by atoms with Gasteiger partial charge in [0.1, 0.15) is 5.82 Å². The molecule has 0 radical (unpaired) electrons. The number of benzene rings is 2. The quantitative estimate of drug-likeness (QED) is 0.226. The molecule has 0 saturated heterocycles. The summed E-state index contributed by atoms with van der Waals surface area (Å²) < 4.78 is 7.88. The molecule has 0 fully saturated rings. The van der Waals surface area contributed by atoms with Crippen molar-refractivity contribution in [3.63, 3.8) is 0 Å². The van der Waals surface area contributed by atoms with Gasteiger partial charge in [-0.05, 0) is 44.0 Å². The third-order valence-electron chi connectivity index (χ3n) is 5.31. The van der Waals surface area contributed by atoms with Crippen molar-refractivity contribution in [3.8, 4) is 5.75 Å². The molecule has 168 valence electrons. The maximum Gasteiger partial charge on any atom is 0.311 e. The molecular formula is C23H25BrN4O4. The number of hydrogen-bond donors (Lipinski definition) is 0. The van der Waals surface area contributed by atoms with Crippen LogP contribution >= 0.6 is 15.9 Å². The van der Waals surface area contributed by atoms with Crippen LogP contribution in [0.5, 0.6) is 5.75 Å². The van der Waals surface area contributed by atoms with Gasteiger partial charge in [-0.1, -0.05) is 42.8 Å². The van der Waals surface area contributed by atoms with E-state index >= 15 is 0 Å². The van der Waals surface area contributed by atoms with E-state index in [9.17, 15) is 14.9 Å². The second kappa shape index (κ2) is 10.0. The van der Waals surface area contributed by atoms with E-state index < -0.39 is 4.92 Å². The molecule has 0 aliphatic carbocycles. The average molecular weight is 501 g/mol. The first-order valence-corrected chi connectivity index (χ1v) is 11.3. The van der Waals surface area contributed by atoms with Crippen LogP contribution in [-0.2, 0) is 0 Å². The average Bonchev–Trinajstić information content (AvgIpc) is 2.78. The maximum atomic E-state index is 13.3. The normalized spacial score (nSPS) is 13.4. The van der Waals surface area contributed by atoms with E-state index in [-0.39, 0.29) is 29.0 Å². The first-order valence-electron chi connectivity index (χ1n) is 10.5. The van der Waals surface area contributed by atoms with E-state index in [2.05, 4.69) is 26.0 Å². The van der Waals surface area contributed by atoms with Gasteiger partial charge < -0.3 is 4.74 Å². The predicted octanol–water partition coefficient (Wildman–Crippen LogP) is 5.64. The topological polar surface area (TPSA) is 99.6 Å². The Balaban J connectivity index is 2.20. The zero-order valence-electron chi connectivity index (χ0n) is 18.4. The van der Waals surface area contributed by atoms with Gasteiger partial charge in [0.2, 0.25) is 5.75 Å². The number of nitro benzene ring substituents is 1. The second-order valence-corrected chi connectivity index (χ2v) is 8.51. The van der Waals surface area contributed by atoms with E-state index in [4.69, 9.17) is 4.74 Å². The summed E-state index contributed by atoms with van der Waals surface area (Å²) in [4.78, 5) is 29.0. The number of nitro groups is 1. The Kier molecular flexibility index (Phi) is 7.40. The van der Waals surface area contributed by atoms with Crippen LogP contribution in [0.2, 0.25) is 0 Å². The molecule has 3 aromatic rings. The zero-order valence-corrected chi connectivity index (χ0v) is 20.0. The van der Waals surface area contributed by atoms with Gasteiger partial charge in [0.25, 0.3) is 5.56 Å². The summed E-state index contributed by atoms with van der Waals surface area (Å²) >= 11 is 3.39. The van der Waals surface area contributed by atoms with E-state index in [1.54, 1.807) is 24.3 Å². The van der Waals surface area contributed by atoms with Crippen molar-refractivity contribution in [1.82, 2.24) is 9.66 Å². The Bertz CT molecular complexity index is 1240. The molecule has 1 heterocycles. The molecule has 0 aliphatic heterocycles. The van der Waals surface area contributed by atoms with E-state index in [0.717, 1.165) is 10.9 Å². The first-order chi connectivity index (χ1) is 15.3. The highest BCUT2D eigenvalue weighted by molar-refractivity contribution is 9.10. The molecule has 0 bridgehead atoms. The highest BCUT2D eigenvalue weighted by atomic mass is 79.9. The van der Waals surface area contributed by atoms with Crippen molar-refractivity contribution in [1.29, 1.82) is 0 Å². The Morgan fingerprint density at radius 2 is 2.00 bits per heavy atom. The molecule has 0 spiro atoms. The van der Waals surface area contributed by atoms with Crippen molar-refractivity contribution < 1.29 is 9.66 Å². The summed E-state index contributed by atoms with van der Waals surface area (Å²) in [5.74, 6) is 0.637. The smallest absolute Gasteiger partial charge is 0.311 e. The van der Waals surface area contributed by atoms with Crippen molar-refractivity contribution >= 4 is 38.7 Å². The molecule has 9 heteroatoms. The monoisotopic (exact) mass is 500 g/mol. The minimum Gasteiger partial charge on any atom is -0.483 e. The lowest BCUT2D eigenvalue weighted by atomic mass is 10.1. The maximum absolute atomic E-state index is 13.3. The lowest BCUT2D eigenvalue weighted by Crippen LogP contribution is -2.23. The lowest BCUT2D eigenvalue weighted by molar-refractivity contribution is -0.386. The number of nitrogens with zero attached hydrogens (tertiary/aromatic N) is 4. The van der Waals surface area contributed by atoms with Gasteiger partial charge in [-0.3, -0.25) is 14.9 Å². The fourth-order valence-corrected chi connectivity index (χ4v) is 3.46. The summed E-state index contributed by atoms with van der Waals surface area (Å²) in [5.41, 5.74) is 0.550. The minimum atomic E-state index is -0.485. The minimum absolute atomic E-state index is 0.0196. The molecule has 1 aromatic heterocycles. The van der Waals surface area contributed by atoms with Gasteiger partial charge in [0, 0.05) is 22.0 Å². The van der Waals surface area contributed by atoms with Gasteiger partial charge in [0.05, 0.1) is 28.1 Å². The number of fused-ring (bicyclic) bond motifs is 1. The van der Waals surface area contributed by atoms with E-state index in [1.807, 2.05) is 33.8 Å². The molecule has 3 rings (SSSR count). The van der Waals surface area contributed by atoms with E-state index in [1.165, 1.54) is 17.0 Å². The van der Waals surface area contributed by atoms with Crippen LogP contribution in [-0.4, -0.2) is 26.9 Å². The summed E-state index contributed by atoms with van der Waals surface area (Å²) in [6, 6.07) is 9.97. The molecule has 0 saturated carbocycles. The number of rotatable bonds is 8. The van der Waals surface area contributed by atoms with Crippen LogP contribution in [0.25, 0.3) is 10.9 Å². The van der Waals surface area contributed by atoms with Crippen LogP contribution in [0.4, 0.5) is 5.69 Å². The van der Waals surface area contributed by atoms with Crippen LogP contribution in [0.3, 0.4) is 0 Å². The van der Waals surface area contributed by atoms with Gasteiger partial charge in [0.15, 0.2) is 0 Å². The standard InChI is InChI=1S/C23H25BrN4O4/c1-5-14(3)22-26-19-11-10-17(24)12-18(19)23(29)27(22)25-13-16-8-7-9-20(28(30)31)21(16)32-15(4)6-2/h7-15H,5-6H2,1-4H3/t14-,15-/m1/s1. The van der Waals surface area contributed by atoms with Crippen LogP contribution in [0.1, 0.15) is 57.8 Å². The summed E-state index contributed by atoms with van der Waals surface area (Å²) in [5, 5.41) is 16.4. The molecule has 0 N–H and O–H groups in total.